The monoisotopic (exact) mass is 306 g/mol. The molecule has 0 aromatic heterocycles. The molecule has 0 spiro atoms. The maximum atomic E-state index is 13.5. The summed E-state index contributed by atoms with van der Waals surface area (Å²) in [4.78, 5) is 0. The van der Waals surface area contributed by atoms with Crippen molar-refractivity contribution in [1.82, 2.24) is 0 Å². The van der Waals surface area contributed by atoms with Gasteiger partial charge in [0, 0.05) is 4.47 Å². The van der Waals surface area contributed by atoms with Crippen molar-refractivity contribution in [2.45, 2.75) is 37.9 Å². The van der Waals surface area contributed by atoms with E-state index in [9.17, 15) is 13.9 Å². The molecule has 0 saturated heterocycles. The average Bonchev–Trinajstić information content (AvgIpc) is 2.28. The summed E-state index contributed by atoms with van der Waals surface area (Å²) in [7, 11) is 0. The molecular weight excluding hydrogens is 294 g/mol. The second-order valence-corrected chi connectivity index (χ2v) is 5.12. The van der Waals surface area contributed by atoms with Crippen LogP contribution < -0.4 is 4.74 Å². The molecule has 1 aromatic rings. The summed E-state index contributed by atoms with van der Waals surface area (Å²) in [6.45, 7) is 0. The van der Waals surface area contributed by atoms with Crippen molar-refractivity contribution in [3.8, 4) is 5.75 Å². The maximum Gasteiger partial charge on any atom is 0.200 e. The van der Waals surface area contributed by atoms with Gasteiger partial charge in [-0.25, -0.2) is 4.39 Å². The van der Waals surface area contributed by atoms with Crippen LogP contribution in [-0.4, -0.2) is 17.3 Å². The van der Waals surface area contributed by atoms with Crippen LogP contribution in [0.2, 0.25) is 0 Å². The van der Waals surface area contributed by atoms with Crippen LogP contribution in [0.3, 0.4) is 0 Å². The van der Waals surface area contributed by atoms with Crippen LogP contribution in [0.4, 0.5) is 8.78 Å². The van der Waals surface area contributed by atoms with E-state index >= 15 is 0 Å². The molecule has 94 valence electrons. The van der Waals surface area contributed by atoms with Gasteiger partial charge in [0.05, 0.1) is 6.10 Å². The lowest BCUT2D eigenvalue weighted by Crippen LogP contribution is -2.34. The molecule has 0 bridgehead atoms. The number of aliphatic hydroxyl groups excluding tert-OH is 1. The van der Waals surface area contributed by atoms with E-state index in [0.717, 1.165) is 18.9 Å². The van der Waals surface area contributed by atoms with Crippen molar-refractivity contribution in [2.75, 3.05) is 0 Å². The molecule has 2 atom stereocenters. The number of rotatable bonds is 2. The van der Waals surface area contributed by atoms with E-state index in [-0.39, 0.29) is 5.75 Å². The zero-order valence-electron chi connectivity index (χ0n) is 9.13. The Hall–Kier alpha value is -0.680. The van der Waals surface area contributed by atoms with Crippen molar-refractivity contribution in [1.29, 1.82) is 0 Å². The molecule has 0 amide bonds. The van der Waals surface area contributed by atoms with Gasteiger partial charge in [-0.1, -0.05) is 22.4 Å². The zero-order valence-corrected chi connectivity index (χ0v) is 10.7. The number of hydrogen-bond acceptors (Lipinski definition) is 2. The van der Waals surface area contributed by atoms with Crippen molar-refractivity contribution in [3.63, 3.8) is 0 Å². The molecule has 2 nitrogen and oxygen atoms in total. The van der Waals surface area contributed by atoms with E-state index in [1.807, 2.05) is 0 Å². The van der Waals surface area contributed by atoms with Gasteiger partial charge >= 0.3 is 0 Å². The van der Waals surface area contributed by atoms with Crippen LogP contribution in [-0.2, 0) is 0 Å². The summed E-state index contributed by atoms with van der Waals surface area (Å²) in [5.74, 6) is -2.12. The third-order valence-electron chi connectivity index (χ3n) is 2.91. The topological polar surface area (TPSA) is 29.5 Å². The predicted molar refractivity (Wildman–Crippen MR) is 62.9 cm³/mol. The molecule has 17 heavy (non-hydrogen) atoms. The third kappa shape index (κ3) is 2.96. The second-order valence-electron chi connectivity index (χ2n) is 4.21. The Morgan fingerprint density at radius 2 is 1.94 bits per heavy atom. The smallest absolute Gasteiger partial charge is 0.200 e. The molecule has 1 aliphatic rings. The molecule has 1 aromatic carbocycles. The number of benzene rings is 1. The van der Waals surface area contributed by atoms with Crippen LogP contribution in [0.25, 0.3) is 0 Å². The Balaban J connectivity index is 2.17. The highest BCUT2D eigenvalue weighted by atomic mass is 79.9. The van der Waals surface area contributed by atoms with Gasteiger partial charge < -0.3 is 9.84 Å². The van der Waals surface area contributed by atoms with E-state index < -0.39 is 23.8 Å². The number of halogens is 3. The largest absolute Gasteiger partial charge is 0.484 e. The first-order chi connectivity index (χ1) is 8.08. The maximum absolute atomic E-state index is 13.5. The molecule has 1 N–H and O–H groups in total. The van der Waals surface area contributed by atoms with Crippen molar-refractivity contribution < 1.29 is 18.6 Å². The Bertz CT molecular complexity index is 412. The van der Waals surface area contributed by atoms with Crippen LogP contribution in [0.15, 0.2) is 16.6 Å². The van der Waals surface area contributed by atoms with E-state index in [2.05, 4.69) is 15.9 Å². The fourth-order valence-electron chi connectivity index (χ4n) is 2.00. The minimum Gasteiger partial charge on any atom is -0.484 e. The lowest BCUT2D eigenvalue weighted by molar-refractivity contribution is 0.00463. The Morgan fingerprint density at radius 1 is 1.24 bits per heavy atom. The van der Waals surface area contributed by atoms with Gasteiger partial charge in [-0.15, -0.1) is 0 Å². The average molecular weight is 307 g/mol. The zero-order chi connectivity index (χ0) is 12.4. The van der Waals surface area contributed by atoms with Crippen LogP contribution >= 0.6 is 15.9 Å². The molecule has 1 aliphatic carbocycles. The van der Waals surface area contributed by atoms with Gasteiger partial charge in [0.15, 0.2) is 11.6 Å². The summed E-state index contributed by atoms with van der Waals surface area (Å²) in [6, 6.07) is 2.42. The molecule has 0 heterocycles. The van der Waals surface area contributed by atoms with Gasteiger partial charge in [0.25, 0.3) is 0 Å². The molecular formula is C12H13BrF2O2. The summed E-state index contributed by atoms with van der Waals surface area (Å²) in [5, 5.41) is 9.71. The number of aliphatic hydroxyl groups is 1. The van der Waals surface area contributed by atoms with E-state index in [1.54, 1.807) is 0 Å². The Morgan fingerprint density at radius 3 is 2.65 bits per heavy atom. The number of hydrogen-bond donors (Lipinski definition) is 1. The van der Waals surface area contributed by atoms with Gasteiger partial charge in [-0.05, 0) is 31.4 Å². The summed E-state index contributed by atoms with van der Waals surface area (Å²) < 4.78 is 32.4. The van der Waals surface area contributed by atoms with Gasteiger partial charge in [-0.2, -0.15) is 4.39 Å². The van der Waals surface area contributed by atoms with Gasteiger partial charge in [0.2, 0.25) is 5.82 Å². The molecule has 0 radical (unpaired) electrons. The molecule has 5 heteroatoms. The first-order valence-corrected chi connectivity index (χ1v) is 6.36. The Labute approximate surface area is 107 Å². The highest BCUT2D eigenvalue weighted by molar-refractivity contribution is 9.10. The minimum absolute atomic E-state index is 0.150. The van der Waals surface area contributed by atoms with E-state index in [1.165, 1.54) is 6.07 Å². The minimum atomic E-state index is -1.01. The van der Waals surface area contributed by atoms with Crippen molar-refractivity contribution >= 4 is 15.9 Å². The van der Waals surface area contributed by atoms with Crippen molar-refractivity contribution in [3.05, 3.63) is 28.2 Å². The van der Waals surface area contributed by atoms with Crippen molar-refractivity contribution in [2.24, 2.45) is 0 Å². The molecule has 1 fully saturated rings. The van der Waals surface area contributed by atoms with Crippen LogP contribution in [0.5, 0.6) is 5.75 Å². The predicted octanol–water partition coefficient (Wildman–Crippen LogP) is 3.41. The quantitative estimate of drug-likeness (QED) is 0.849. The lowest BCUT2D eigenvalue weighted by atomic mass is 9.95. The fourth-order valence-corrected chi connectivity index (χ4v) is 2.40. The lowest BCUT2D eigenvalue weighted by Gasteiger charge is -2.28. The van der Waals surface area contributed by atoms with Gasteiger partial charge in [0.1, 0.15) is 6.10 Å². The standard InChI is InChI=1S/C12H13BrF2O2/c13-7-5-8(14)12(15)11(6-7)17-10-4-2-1-3-9(10)16/h5-6,9-10,16H,1-4H2/t9-,10-/m1/s1. The summed E-state index contributed by atoms with van der Waals surface area (Å²) >= 11 is 3.08. The van der Waals surface area contributed by atoms with Crippen LogP contribution in [0.1, 0.15) is 25.7 Å². The molecule has 2 rings (SSSR count). The third-order valence-corrected chi connectivity index (χ3v) is 3.36. The van der Waals surface area contributed by atoms with Gasteiger partial charge in [-0.3, -0.25) is 0 Å². The number of ether oxygens (including phenoxy) is 1. The highest BCUT2D eigenvalue weighted by Crippen LogP contribution is 2.29. The second kappa shape index (κ2) is 5.31. The SMILES string of the molecule is O[C@@H]1CCCC[C@H]1Oc1cc(Br)cc(F)c1F. The molecule has 1 saturated carbocycles. The van der Waals surface area contributed by atoms with E-state index in [4.69, 9.17) is 4.74 Å². The summed E-state index contributed by atoms with van der Waals surface area (Å²) in [5.41, 5.74) is 0. The fraction of sp³-hybridized carbons (Fsp3) is 0.500. The highest BCUT2D eigenvalue weighted by Gasteiger charge is 2.26. The normalized spacial score (nSPS) is 24.7. The Kier molecular flexibility index (Phi) is 3.99. The summed E-state index contributed by atoms with van der Waals surface area (Å²) in [6.07, 6.45) is 2.12. The van der Waals surface area contributed by atoms with Crippen LogP contribution in [0, 0.1) is 11.6 Å². The first kappa shape index (κ1) is 12.8. The molecule has 0 unspecified atom stereocenters. The molecule has 0 aliphatic heterocycles. The van der Waals surface area contributed by atoms with E-state index in [0.29, 0.717) is 17.3 Å². The first-order valence-electron chi connectivity index (χ1n) is 5.57.